The number of thioether (sulfide) groups is 1. The molecule has 0 saturated carbocycles. The minimum atomic E-state index is 0.471. The quantitative estimate of drug-likeness (QED) is 0.425. The van der Waals surface area contributed by atoms with Crippen LogP contribution >= 0.6 is 23.1 Å². The summed E-state index contributed by atoms with van der Waals surface area (Å²) in [5.41, 5.74) is 2.11. The minimum absolute atomic E-state index is 0.471. The van der Waals surface area contributed by atoms with Gasteiger partial charge in [0, 0.05) is 5.56 Å². The fourth-order valence-electron chi connectivity index (χ4n) is 2.21. The van der Waals surface area contributed by atoms with Crippen molar-refractivity contribution in [3.63, 3.8) is 0 Å². The van der Waals surface area contributed by atoms with Crippen LogP contribution in [0, 0.1) is 6.92 Å². The van der Waals surface area contributed by atoms with E-state index in [1.807, 2.05) is 48.7 Å². The molecule has 25 heavy (non-hydrogen) atoms. The van der Waals surface area contributed by atoms with Gasteiger partial charge in [0.1, 0.15) is 0 Å². The van der Waals surface area contributed by atoms with Gasteiger partial charge in [0.05, 0.1) is 10.6 Å². The lowest BCUT2D eigenvalue weighted by atomic mass is 10.1. The topological polar surface area (TPSA) is 95.7 Å². The first-order valence-electron chi connectivity index (χ1n) is 7.47. The largest absolute Gasteiger partial charge is 0.338 e. The number of thiophene rings is 1. The van der Waals surface area contributed by atoms with E-state index in [4.69, 9.17) is 10.4 Å². The molecule has 1 aromatic carbocycles. The lowest BCUT2D eigenvalue weighted by Crippen LogP contribution is -2.11. The molecule has 0 amide bonds. The van der Waals surface area contributed by atoms with E-state index in [1.165, 1.54) is 22.0 Å². The van der Waals surface area contributed by atoms with Gasteiger partial charge in [0.15, 0.2) is 5.82 Å². The van der Waals surface area contributed by atoms with Crippen molar-refractivity contribution in [3.8, 4) is 22.1 Å². The number of aromatic nitrogens is 5. The van der Waals surface area contributed by atoms with E-state index in [0.29, 0.717) is 28.4 Å². The molecule has 4 rings (SSSR count). The molecular formula is C16H14N6OS2. The summed E-state index contributed by atoms with van der Waals surface area (Å²) in [6.45, 7) is 2.04. The molecule has 0 unspecified atom stereocenters. The van der Waals surface area contributed by atoms with Gasteiger partial charge in [-0.15, -0.1) is 21.5 Å². The maximum Gasteiger partial charge on any atom is 0.237 e. The van der Waals surface area contributed by atoms with Crippen molar-refractivity contribution in [1.82, 2.24) is 25.0 Å². The summed E-state index contributed by atoms with van der Waals surface area (Å²) < 4.78 is 6.79. The van der Waals surface area contributed by atoms with Gasteiger partial charge in [0.25, 0.3) is 0 Å². The lowest BCUT2D eigenvalue weighted by Gasteiger charge is -2.00. The van der Waals surface area contributed by atoms with Crippen LogP contribution in [0.2, 0.25) is 0 Å². The van der Waals surface area contributed by atoms with Crippen molar-refractivity contribution in [2.45, 2.75) is 17.8 Å². The van der Waals surface area contributed by atoms with E-state index in [9.17, 15) is 0 Å². The SMILES string of the molecule is Cc1ccc(-c2noc(CSc3nnc(-c4cccs4)n3N)n2)cc1. The van der Waals surface area contributed by atoms with Crippen molar-refractivity contribution in [2.75, 3.05) is 5.84 Å². The number of benzene rings is 1. The Kier molecular flexibility index (Phi) is 4.24. The first-order chi connectivity index (χ1) is 12.2. The molecule has 0 bridgehead atoms. The zero-order valence-corrected chi connectivity index (χ0v) is 14.9. The first-order valence-corrected chi connectivity index (χ1v) is 9.34. The monoisotopic (exact) mass is 370 g/mol. The van der Waals surface area contributed by atoms with Crippen LogP contribution in [0.4, 0.5) is 0 Å². The summed E-state index contributed by atoms with van der Waals surface area (Å²) in [7, 11) is 0. The molecule has 0 spiro atoms. The third-order valence-corrected chi connectivity index (χ3v) is 5.30. The number of rotatable bonds is 5. The number of nitrogens with two attached hydrogens (primary N) is 1. The molecule has 0 aliphatic heterocycles. The Morgan fingerprint density at radius 1 is 1.20 bits per heavy atom. The molecule has 3 aromatic heterocycles. The van der Waals surface area contributed by atoms with Crippen molar-refractivity contribution in [1.29, 1.82) is 0 Å². The molecule has 4 aromatic rings. The van der Waals surface area contributed by atoms with Crippen LogP contribution in [0.5, 0.6) is 0 Å². The second-order valence-electron chi connectivity index (χ2n) is 5.32. The van der Waals surface area contributed by atoms with Crippen LogP contribution in [-0.2, 0) is 5.75 Å². The predicted octanol–water partition coefficient (Wildman–Crippen LogP) is 3.37. The van der Waals surface area contributed by atoms with Crippen LogP contribution in [-0.4, -0.2) is 25.0 Å². The Labute approximate surface area is 151 Å². The third kappa shape index (κ3) is 3.28. The van der Waals surface area contributed by atoms with Crippen molar-refractivity contribution < 1.29 is 4.52 Å². The standard InChI is InChI=1S/C16H14N6OS2/c1-10-4-6-11(7-5-10)14-18-13(23-21-14)9-25-16-20-19-15(22(16)17)12-3-2-8-24-12/h2-8H,9,17H2,1H3. The van der Waals surface area contributed by atoms with Gasteiger partial charge >= 0.3 is 0 Å². The summed E-state index contributed by atoms with van der Waals surface area (Å²) in [4.78, 5) is 5.39. The summed E-state index contributed by atoms with van der Waals surface area (Å²) >= 11 is 2.97. The number of aryl methyl sites for hydroxylation is 1. The van der Waals surface area contributed by atoms with Gasteiger partial charge in [0.2, 0.25) is 16.9 Å². The van der Waals surface area contributed by atoms with Gasteiger partial charge in [-0.25, -0.2) is 4.68 Å². The van der Waals surface area contributed by atoms with E-state index >= 15 is 0 Å². The number of hydrogen-bond donors (Lipinski definition) is 1. The van der Waals surface area contributed by atoms with E-state index < -0.39 is 0 Å². The smallest absolute Gasteiger partial charge is 0.237 e. The molecule has 126 valence electrons. The highest BCUT2D eigenvalue weighted by molar-refractivity contribution is 7.98. The van der Waals surface area contributed by atoms with Crippen LogP contribution in [0.15, 0.2) is 51.5 Å². The molecule has 7 nitrogen and oxygen atoms in total. The molecule has 2 N–H and O–H groups in total. The minimum Gasteiger partial charge on any atom is -0.338 e. The van der Waals surface area contributed by atoms with E-state index in [2.05, 4.69) is 20.3 Å². The van der Waals surface area contributed by atoms with E-state index in [1.54, 1.807) is 11.3 Å². The lowest BCUT2D eigenvalue weighted by molar-refractivity contribution is 0.391. The Morgan fingerprint density at radius 2 is 2.04 bits per heavy atom. The summed E-state index contributed by atoms with van der Waals surface area (Å²) in [5, 5.41) is 14.9. The fraction of sp³-hybridized carbons (Fsp3) is 0.125. The van der Waals surface area contributed by atoms with E-state index in [-0.39, 0.29) is 0 Å². The van der Waals surface area contributed by atoms with E-state index in [0.717, 1.165) is 10.4 Å². The zero-order chi connectivity index (χ0) is 17.2. The molecule has 0 aliphatic rings. The fourth-order valence-corrected chi connectivity index (χ4v) is 3.61. The Bertz CT molecular complexity index is 975. The molecule has 0 fully saturated rings. The summed E-state index contributed by atoms with van der Waals surface area (Å²) in [5.74, 6) is 8.28. The molecular weight excluding hydrogens is 356 g/mol. The summed E-state index contributed by atoms with van der Waals surface area (Å²) in [6, 6.07) is 11.9. The summed E-state index contributed by atoms with van der Waals surface area (Å²) in [6.07, 6.45) is 0. The van der Waals surface area contributed by atoms with Gasteiger partial charge in [-0.1, -0.05) is 52.8 Å². The first kappa shape index (κ1) is 15.9. The maximum absolute atomic E-state index is 6.08. The van der Waals surface area contributed by atoms with Crippen LogP contribution in [0.1, 0.15) is 11.5 Å². The Hall–Kier alpha value is -2.65. The predicted molar refractivity (Wildman–Crippen MR) is 97.5 cm³/mol. The second kappa shape index (κ2) is 6.69. The number of nitrogens with zero attached hydrogens (tertiary/aromatic N) is 5. The molecule has 0 saturated heterocycles. The highest BCUT2D eigenvalue weighted by Gasteiger charge is 2.15. The molecule has 0 radical (unpaired) electrons. The Balaban J connectivity index is 1.46. The molecule has 9 heteroatoms. The average Bonchev–Trinajstić information content (AvgIpc) is 3.34. The second-order valence-corrected chi connectivity index (χ2v) is 7.21. The van der Waals surface area contributed by atoms with Crippen LogP contribution in [0.25, 0.3) is 22.1 Å². The Morgan fingerprint density at radius 3 is 2.80 bits per heavy atom. The van der Waals surface area contributed by atoms with Gasteiger partial charge < -0.3 is 10.4 Å². The number of nitrogen functional groups attached to an aromatic ring is 1. The third-order valence-electron chi connectivity index (χ3n) is 3.51. The van der Waals surface area contributed by atoms with Crippen LogP contribution < -0.4 is 5.84 Å². The van der Waals surface area contributed by atoms with Crippen molar-refractivity contribution >= 4 is 23.1 Å². The maximum atomic E-state index is 6.08. The van der Waals surface area contributed by atoms with Crippen molar-refractivity contribution in [2.24, 2.45) is 0 Å². The highest BCUT2D eigenvalue weighted by atomic mass is 32.2. The average molecular weight is 370 g/mol. The van der Waals surface area contributed by atoms with Gasteiger partial charge in [-0.05, 0) is 18.4 Å². The number of hydrogen-bond acceptors (Lipinski definition) is 8. The zero-order valence-electron chi connectivity index (χ0n) is 13.3. The molecule has 3 heterocycles. The highest BCUT2D eigenvalue weighted by Crippen LogP contribution is 2.27. The molecule has 0 aliphatic carbocycles. The van der Waals surface area contributed by atoms with Crippen LogP contribution in [0.3, 0.4) is 0 Å². The normalized spacial score (nSPS) is 11.1. The van der Waals surface area contributed by atoms with Gasteiger partial charge in [-0.3, -0.25) is 0 Å². The van der Waals surface area contributed by atoms with Gasteiger partial charge in [-0.2, -0.15) is 4.98 Å². The van der Waals surface area contributed by atoms with Crippen molar-refractivity contribution in [3.05, 3.63) is 53.2 Å². The molecule has 0 atom stereocenters.